The number of hydrogen-bond acceptors (Lipinski definition) is 2. The Kier molecular flexibility index (Phi) is 5.51. The summed E-state index contributed by atoms with van der Waals surface area (Å²) in [7, 11) is 0. The summed E-state index contributed by atoms with van der Waals surface area (Å²) in [4.78, 5) is 0. The molecule has 4 aromatic rings. The zero-order chi connectivity index (χ0) is 25.7. The Balaban J connectivity index is 1.34. The molecule has 0 amide bonds. The van der Waals surface area contributed by atoms with Crippen molar-refractivity contribution in [3.8, 4) is 34.1 Å². The fraction of sp³-hybridized carbons (Fsp3) is 0.222. The summed E-state index contributed by atoms with van der Waals surface area (Å²) in [5, 5.41) is 0. The lowest BCUT2D eigenvalue weighted by Crippen LogP contribution is -2.24. The molecule has 3 aliphatic carbocycles. The van der Waals surface area contributed by atoms with Crippen LogP contribution in [0.25, 0.3) is 11.1 Å². The van der Waals surface area contributed by atoms with E-state index < -0.39 is 0 Å². The number of rotatable bonds is 6. The van der Waals surface area contributed by atoms with Crippen molar-refractivity contribution >= 4 is 0 Å². The van der Waals surface area contributed by atoms with Crippen LogP contribution in [-0.4, -0.2) is 0 Å². The summed E-state index contributed by atoms with van der Waals surface area (Å²) >= 11 is 0. The van der Waals surface area contributed by atoms with Crippen molar-refractivity contribution in [2.75, 3.05) is 0 Å². The lowest BCUT2D eigenvalue weighted by Gasteiger charge is -2.30. The molecule has 4 unspecified atom stereocenters. The van der Waals surface area contributed by atoms with Crippen molar-refractivity contribution in [2.24, 2.45) is 23.7 Å². The van der Waals surface area contributed by atoms with Gasteiger partial charge in [-0.2, -0.15) is 0 Å². The van der Waals surface area contributed by atoms with Crippen LogP contribution in [0.5, 0.6) is 23.0 Å². The average molecular weight is 497 g/mol. The molecular weight excluding hydrogens is 464 g/mol. The molecule has 2 saturated carbocycles. The van der Waals surface area contributed by atoms with Crippen molar-refractivity contribution in [1.29, 1.82) is 0 Å². The lowest BCUT2D eigenvalue weighted by molar-refractivity contribution is 0.381. The molecule has 0 aromatic heterocycles. The summed E-state index contributed by atoms with van der Waals surface area (Å²) in [5.41, 5.74) is 5.33. The van der Waals surface area contributed by atoms with Gasteiger partial charge in [0.1, 0.15) is 23.0 Å². The van der Waals surface area contributed by atoms with Gasteiger partial charge in [0, 0.05) is 5.41 Å². The van der Waals surface area contributed by atoms with Gasteiger partial charge in [0.05, 0.1) is 0 Å². The van der Waals surface area contributed by atoms with E-state index in [0.717, 1.165) is 35.8 Å². The van der Waals surface area contributed by atoms with E-state index in [2.05, 4.69) is 61.7 Å². The lowest BCUT2D eigenvalue weighted by atomic mass is 9.73. The molecule has 38 heavy (non-hydrogen) atoms. The highest BCUT2D eigenvalue weighted by atomic mass is 16.5. The molecule has 188 valence electrons. The molecular formula is C36H32O2. The highest BCUT2D eigenvalue weighted by Crippen LogP contribution is 2.66. The summed E-state index contributed by atoms with van der Waals surface area (Å²) in [6.45, 7) is 8.45. The topological polar surface area (TPSA) is 18.5 Å². The fourth-order valence-corrected chi connectivity index (χ4v) is 7.60. The van der Waals surface area contributed by atoms with E-state index in [1.807, 2.05) is 60.7 Å². The van der Waals surface area contributed by atoms with Gasteiger partial charge in [-0.1, -0.05) is 60.7 Å². The number of benzene rings is 4. The molecule has 0 saturated heterocycles. The van der Waals surface area contributed by atoms with E-state index in [9.17, 15) is 0 Å². The van der Waals surface area contributed by atoms with Gasteiger partial charge in [0.25, 0.3) is 0 Å². The van der Waals surface area contributed by atoms with Crippen LogP contribution in [0.4, 0.5) is 0 Å². The van der Waals surface area contributed by atoms with Crippen LogP contribution >= 0.6 is 0 Å². The molecule has 4 aromatic carbocycles. The van der Waals surface area contributed by atoms with Gasteiger partial charge in [0.2, 0.25) is 0 Å². The second-order valence-electron chi connectivity index (χ2n) is 11.1. The maximum absolute atomic E-state index is 6.33. The Morgan fingerprint density at radius 2 is 1.03 bits per heavy atom. The van der Waals surface area contributed by atoms with Crippen LogP contribution in [-0.2, 0) is 5.41 Å². The van der Waals surface area contributed by atoms with Gasteiger partial charge < -0.3 is 9.47 Å². The third kappa shape index (κ3) is 3.62. The molecule has 2 nitrogen and oxygen atoms in total. The van der Waals surface area contributed by atoms with E-state index in [1.165, 1.54) is 28.7 Å². The Morgan fingerprint density at radius 1 is 0.579 bits per heavy atom. The van der Waals surface area contributed by atoms with E-state index >= 15 is 0 Å². The first-order valence-corrected chi connectivity index (χ1v) is 13.7. The highest BCUT2D eigenvalue weighted by molar-refractivity contribution is 5.83. The smallest absolute Gasteiger partial charge is 0.127 e. The van der Waals surface area contributed by atoms with Gasteiger partial charge in [-0.25, -0.2) is 0 Å². The molecule has 0 N–H and O–H groups in total. The van der Waals surface area contributed by atoms with Gasteiger partial charge in [-0.15, -0.1) is 13.2 Å². The molecule has 0 radical (unpaired) electrons. The minimum absolute atomic E-state index is 0.0743. The van der Waals surface area contributed by atoms with Crippen molar-refractivity contribution < 1.29 is 9.47 Å². The Bertz CT molecular complexity index is 1390. The maximum atomic E-state index is 6.33. The normalized spacial score (nSPS) is 23.9. The maximum Gasteiger partial charge on any atom is 0.127 e. The molecule has 3 aliphatic rings. The molecule has 1 spiro atoms. The quantitative estimate of drug-likeness (QED) is 0.247. The van der Waals surface area contributed by atoms with E-state index in [1.54, 1.807) is 0 Å². The highest BCUT2D eigenvalue weighted by Gasteiger charge is 2.57. The van der Waals surface area contributed by atoms with Gasteiger partial charge in [-0.05, 0) is 114 Å². The van der Waals surface area contributed by atoms with Crippen LogP contribution < -0.4 is 9.47 Å². The van der Waals surface area contributed by atoms with Gasteiger partial charge >= 0.3 is 0 Å². The number of para-hydroxylation sites is 2. The van der Waals surface area contributed by atoms with Crippen LogP contribution in [0.2, 0.25) is 0 Å². The monoisotopic (exact) mass is 496 g/mol. The van der Waals surface area contributed by atoms with Crippen molar-refractivity contribution in [2.45, 2.75) is 24.7 Å². The molecule has 7 rings (SSSR count). The van der Waals surface area contributed by atoms with Crippen LogP contribution in [0.15, 0.2) is 122 Å². The van der Waals surface area contributed by atoms with E-state index in [0.29, 0.717) is 23.7 Å². The summed E-state index contributed by atoms with van der Waals surface area (Å²) in [6.07, 6.45) is 7.79. The third-order valence-electron chi connectivity index (χ3n) is 9.23. The molecule has 2 heteroatoms. The summed E-state index contributed by atoms with van der Waals surface area (Å²) < 4.78 is 12.7. The Morgan fingerprint density at radius 3 is 1.45 bits per heavy atom. The largest absolute Gasteiger partial charge is 0.457 e. The van der Waals surface area contributed by atoms with Crippen LogP contribution in [0.1, 0.15) is 30.4 Å². The van der Waals surface area contributed by atoms with Crippen LogP contribution in [0, 0.1) is 23.7 Å². The number of hydrogen-bond donors (Lipinski definition) is 0. The summed E-state index contributed by atoms with van der Waals surface area (Å²) in [6, 6.07) is 33.4. The predicted octanol–water partition coefficient (Wildman–Crippen LogP) is 9.57. The van der Waals surface area contributed by atoms with Crippen molar-refractivity contribution in [3.63, 3.8) is 0 Å². The first-order valence-electron chi connectivity index (χ1n) is 13.7. The Hall–Kier alpha value is -4.04. The standard InChI is InChI=1S/C36H32O2/c1-3-24-19-25(4-2)33-23-36(22-32(24)33)34-20-28(37-26-11-7-5-8-12-26)15-17-30(34)31-18-16-29(21-35(31)36)38-27-13-9-6-10-14-27/h3-18,20-21,24-25,32-33H,1-2,19,22-23H2. The second-order valence-corrected chi connectivity index (χ2v) is 11.1. The number of fused-ring (bicyclic) bond motifs is 6. The zero-order valence-electron chi connectivity index (χ0n) is 21.6. The second kappa shape index (κ2) is 9.06. The average Bonchev–Trinajstić information content (AvgIpc) is 3.59. The van der Waals surface area contributed by atoms with E-state index in [4.69, 9.17) is 9.47 Å². The minimum Gasteiger partial charge on any atom is -0.457 e. The Labute approximate surface area is 225 Å². The van der Waals surface area contributed by atoms with E-state index in [-0.39, 0.29) is 5.41 Å². The molecule has 4 atom stereocenters. The first-order chi connectivity index (χ1) is 18.7. The van der Waals surface area contributed by atoms with Gasteiger partial charge in [0.15, 0.2) is 0 Å². The fourth-order valence-electron chi connectivity index (χ4n) is 7.60. The first kappa shape index (κ1) is 23.1. The third-order valence-corrected chi connectivity index (χ3v) is 9.23. The van der Waals surface area contributed by atoms with Crippen LogP contribution in [0.3, 0.4) is 0 Å². The number of allylic oxidation sites excluding steroid dienone is 2. The molecule has 0 aliphatic heterocycles. The predicted molar refractivity (Wildman–Crippen MR) is 154 cm³/mol. The van der Waals surface area contributed by atoms with Crippen molar-refractivity contribution in [3.05, 3.63) is 133 Å². The summed E-state index contributed by atoms with van der Waals surface area (Å²) in [5.74, 6) is 5.76. The zero-order valence-corrected chi connectivity index (χ0v) is 21.6. The molecule has 0 heterocycles. The molecule has 0 bridgehead atoms. The molecule has 2 fully saturated rings. The number of ether oxygens (including phenoxy) is 2. The van der Waals surface area contributed by atoms with Crippen molar-refractivity contribution in [1.82, 2.24) is 0 Å². The minimum atomic E-state index is -0.0743. The SMILES string of the molecule is C=CC1CC(C=C)C2CC3(CC12)c1cc(Oc2ccccc2)ccc1-c1ccc(Oc2ccccc2)cc13. The van der Waals surface area contributed by atoms with Gasteiger partial charge in [-0.3, -0.25) is 0 Å².